The highest BCUT2D eigenvalue weighted by atomic mass is 79.9. The van der Waals surface area contributed by atoms with E-state index in [0.29, 0.717) is 10.0 Å². The maximum absolute atomic E-state index is 10.7. The average Bonchev–Trinajstić information content (AvgIpc) is 2.08. The minimum Gasteiger partial charge on any atom is -0.258 e. The van der Waals surface area contributed by atoms with Crippen molar-refractivity contribution in [1.29, 1.82) is 0 Å². The summed E-state index contributed by atoms with van der Waals surface area (Å²) in [6, 6.07) is 3.47. The van der Waals surface area contributed by atoms with Crippen LogP contribution in [-0.4, -0.2) is 4.92 Å². The minimum atomic E-state index is -0.422. The van der Waals surface area contributed by atoms with Crippen molar-refractivity contribution in [2.45, 2.75) is 12.8 Å². The van der Waals surface area contributed by atoms with Gasteiger partial charge in [-0.2, -0.15) is 0 Å². The maximum Gasteiger partial charge on any atom is 0.288 e. The molecule has 70 valence electrons. The molecule has 0 amide bonds. The van der Waals surface area contributed by atoms with E-state index in [-0.39, 0.29) is 11.6 Å². The second-order valence-electron chi connectivity index (χ2n) is 2.59. The number of hydrogen-bond acceptors (Lipinski definition) is 2. The summed E-state index contributed by atoms with van der Waals surface area (Å²) in [6.45, 7) is 1.80. The van der Waals surface area contributed by atoms with Crippen LogP contribution in [0, 0.1) is 17.0 Å². The second-order valence-corrected chi connectivity index (χ2v) is 3.66. The van der Waals surface area contributed by atoms with Gasteiger partial charge >= 0.3 is 0 Å². The van der Waals surface area contributed by atoms with Crippen LogP contribution in [0.5, 0.6) is 0 Å². The first-order valence-electron chi connectivity index (χ1n) is 3.56. The first kappa shape index (κ1) is 10.5. The van der Waals surface area contributed by atoms with E-state index in [4.69, 9.17) is 11.6 Å². The predicted molar refractivity (Wildman–Crippen MR) is 55.1 cm³/mol. The molecule has 0 atom stereocenters. The fraction of sp³-hybridized carbons (Fsp3) is 0.250. The van der Waals surface area contributed by atoms with Crippen molar-refractivity contribution in [2.24, 2.45) is 0 Å². The SMILES string of the molecule is Cc1ccc(CCl)c([N+](=O)[O-])c1Br. The zero-order valence-electron chi connectivity index (χ0n) is 6.88. The predicted octanol–water partition coefficient (Wildman–Crippen LogP) is 3.40. The van der Waals surface area contributed by atoms with Crippen LogP contribution in [0.1, 0.15) is 11.1 Å². The quantitative estimate of drug-likeness (QED) is 0.467. The van der Waals surface area contributed by atoms with Crippen LogP contribution in [0.4, 0.5) is 5.69 Å². The van der Waals surface area contributed by atoms with E-state index in [2.05, 4.69) is 15.9 Å². The summed E-state index contributed by atoms with van der Waals surface area (Å²) in [6.07, 6.45) is 0. The summed E-state index contributed by atoms with van der Waals surface area (Å²) in [7, 11) is 0. The van der Waals surface area contributed by atoms with Crippen LogP contribution in [0.2, 0.25) is 0 Å². The summed E-state index contributed by atoms with van der Waals surface area (Å²) in [5.41, 5.74) is 1.43. The molecule has 0 spiro atoms. The Hall–Kier alpha value is -0.610. The van der Waals surface area contributed by atoms with E-state index in [9.17, 15) is 10.1 Å². The van der Waals surface area contributed by atoms with Crippen molar-refractivity contribution < 1.29 is 4.92 Å². The molecule has 0 saturated heterocycles. The van der Waals surface area contributed by atoms with Gasteiger partial charge in [0, 0.05) is 5.56 Å². The molecular weight excluding hydrogens is 257 g/mol. The van der Waals surface area contributed by atoms with E-state index in [1.165, 1.54) is 0 Å². The molecule has 0 aliphatic heterocycles. The highest BCUT2D eigenvalue weighted by Gasteiger charge is 2.18. The molecule has 3 nitrogen and oxygen atoms in total. The van der Waals surface area contributed by atoms with Gasteiger partial charge in [-0.25, -0.2) is 0 Å². The Morgan fingerprint density at radius 2 is 2.23 bits per heavy atom. The average molecular weight is 265 g/mol. The lowest BCUT2D eigenvalue weighted by Crippen LogP contribution is -1.96. The zero-order valence-corrected chi connectivity index (χ0v) is 9.22. The van der Waals surface area contributed by atoms with Crippen LogP contribution in [0.15, 0.2) is 16.6 Å². The van der Waals surface area contributed by atoms with Crippen LogP contribution >= 0.6 is 27.5 Å². The van der Waals surface area contributed by atoms with Gasteiger partial charge in [0.1, 0.15) is 0 Å². The third-order valence-electron chi connectivity index (χ3n) is 1.72. The number of aryl methyl sites for hydroxylation is 1. The van der Waals surface area contributed by atoms with Crippen molar-refractivity contribution in [3.63, 3.8) is 0 Å². The Labute approximate surface area is 89.0 Å². The van der Waals surface area contributed by atoms with Crippen LogP contribution in [0.25, 0.3) is 0 Å². The van der Waals surface area contributed by atoms with Crippen molar-refractivity contribution >= 4 is 33.2 Å². The molecule has 0 bridgehead atoms. The number of hydrogen-bond donors (Lipinski definition) is 0. The Balaban J connectivity index is 3.41. The molecule has 13 heavy (non-hydrogen) atoms. The molecule has 0 aliphatic rings. The molecule has 1 aromatic carbocycles. The van der Waals surface area contributed by atoms with Gasteiger partial charge in [-0.1, -0.05) is 12.1 Å². The van der Waals surface area contributed by atoms with E-state index < -0.39 is 4.92 Å². The second kappa shape index (κ2) is 4.07. The van der Waals surface area contributed by atoms with Crippen molar-refractivity contribution in [3.8, 4) is 0 Å². The molecule has 0 radical (unpaired) electrons. The lowest BCUT2D eigenvalue weighted by atomic mass is 10.1. The standard InChI is InChI=1S/C8H7BrClNO2/c1-5-2-3-6(4-10)8(7(5)9)11(12)13/h2-3H,4H2,1H3. The van der Waals surface area contributed by atoms with Gasteiger partial charge in [0.25, 0.3) is 5.69 Å². The van der Waals surface area contributed by atoms with E-state index in [1.807, 2.05) is 0 Å². The molecule has 5 heteroatoms. The summed E-state index contributed by atoms with van der Waals surface area (Å²) in [5, 5.41) is 10.7. The van der Waals surface area contributed by atoms with E-state index in [1.54, 1.807) is 19.1 Å². The van der Waals surface area contributed by atoms with Crippen LogP contribution in [-0.2, 0) is 5.88 Å². The molecule has 0 N–H and O–H groups in total. The van der Waals surface area contributed by atoms with Gasteiger partial charge in [-0.15, -0.1) is 11.6 Å². The highest BCUT2D eigenvalue weighted by Crippen LogP contribution is 2.32. The minimum absolute atomic E-state index is 0.0648. The number of rotatable bonds is 2. The molecule has 1 aromatic rings. The monoisotopic (exact) mass is 263 g/mol. The third-order valence-corrected chi connectivity index (χ3v) is 3.01. The van der Waals surface area contributed by atoms with E-state index >= 15 is 0 Å². The Bertz CT molecular complexity index is 354. The first-order valence-corrected chi connectivity index (χ1v) is 4.89. The first-order chi connectivity index (χ1) is 6.07. The Kier molecular flexibility index (Phi) is 3.27. The molecule has 0 aliphatic carbocycles. The van der Waals surface area contributed by atoms with Crippen LogP contribution in [0.3, 0.4) is 0 Å². The number of nitro groups is 1. The Morgan fingerprint density at radius 3 is 2.69 bits per heavy atom. The van der Waals surface area contributed by atoms with Crippen molar-refractivity contribution in [3.05, 3.63) is 37.8 Å². The largest absolute Gasteiger partial charge is 0.288 e. The normalized spacial score (nSPS) is 10.1. The number of halogens is 2. The van der Waals surface area contributed by atoms with Gasteiger partial charge in [0.15, 0.2) is 0 Å². The molecular formula is C8H7BrClNO2. The molecule has 0 saturated carbocycles. The maximum atomic E-state index is 10.7. The molecule has 0 aromatic heterocycles. The molecule has 1 rings (SSSR count). The number of nitrogens with zero attached hydrogens (tertiary/aromatic N) is 1. The summed E-state index contributed by atoms with van der Waals surface area (Å²) < 4.78 is 0.510. The summed E-state index contributed by atoms with van der Waals surface area (Å²) in [5.74, 6) is 0.148. The molecule has 0 fully saturated rings. The van der Waals surface area contributed by atoms with Crippen molar-refractivity contribution in [2.75, 3.05) is 0 Å². The fourth-order valence-electron chi connectivity index (χ4n) is 1.01. The smallest absolute Gasteiger partial charge is 0.258 e. The lowest BCUT2D eigenvalue weighted by Gasteiger charge is -2.03. The van der Waals surface area contributed by atoms with Crippen molar-refractivity contribution in [1.82, 2.24) is 0 Å². The van der Waals surface area contributed by atoms with Gasteiger partial charge in [-0.3, -0.25) is 10.1 Å². The Morgan fingerprint density at radius 1 is 1.62 bits per heavy atom. The number of benzene rings is 1. The van der Waals surface area contributed by atoms with E-state index in [0.717, 1.165) is 5.56 Å². The van der Waals surface area contributed by atoms with Gasteiger partial charge < -0.3 is 0 Å². The molecule has 0 heterocycles. The zero-order chi connectivity index (χ0) is 10.0. The van der Waals surface area contributed by atoms with Gasteiger partial charge in [0.05, 0.1) is 15.3 Å². The van der Waals surface area contributed by atoms with Gasteiger partial charge in [0.2, 0.25) is 0 Å². The number of alkyl halides is 1. The highest BCUT2D eigenvalue weighted by molar-refractivity contribution is 9.10. The van der Waals surface area contributed by atoms with Crippen LogP contribution < -0.4 is 0 Å². The third kappa shape index (κ3) is 2.00. The lowest BCUT2D eigenvalue weighted by molar-refractivity contribution is -0.386. The summed E-state index contributed by atoms with van der Waals surface area (Å²) >= 11 is 8.75. The summed E-state index contributed by atoms with van der Waals surface area (Å²) in [4.78, 5) is 10.2. The molecule has 0 unspecified atom stereocenters. The topological polar surface area (TPSA) is 43.1 Å². The number of nitro benzene ring substituents is 1. The van der Waals surface area contributed by atoms with Gasteiger partial charge in [-0.05, 0) is 28.4 Å². The fourth-order valence-corrected chi connectivity index (χ4v) is 1.76.